The summed E-state index contributed by atoms with van der Waals surface area (Å²) in [5.41, 5.74) is 1.31. The topological polar surface area (TPSA) is 24.9 Å². The Morgan fingerprint density at radius 1 is 1.39 bits per heavy atom. The number of aryl methyl sites for hydroxylation is 1. The van der Waals surface area contributed by atoms with Gasteiger partial charge in [-0.05, 0) is 25.0 Å². The molecule has 1 saturated heterocycles. The van der Waals surface area contributed by atoms with Crippen molar-refractivity contribution < 1.29 is 0 Å². The molecule has 1 atom stereocenters. The summed E-state index contributed by atoms with van der Waals surface area (Å²) in [6, 6.07) is 0.546. The lowest BCUT2D eigenvalue weighted by atomic mass is 10.2. The second-order valence-corrected chi connectivity index (χ2v) is 7.59. The number of aromatic nitrogens is 1. The summed E-state index contributed by atoms with van der Waals surface area (Å²) < 4.78 is 0. The van der Waals surface area contributed by atoms with Gasteiger partial charge in [0.05, 0.1) is 10.9 Å². The molecule has 0 spiro atoms. The molecular weight excluding hydrogens is 260 g/mol. The van der Waals surface area contributed by atoms with Crippen LogP contribution in [0.2, 0.25) is 0 Å². The van der Waals surface area contributed by atoms with E-state index >= 15 is 0 Å². The lowest BCUT2D eigenvalue weighted by molar-refractivity contribution is 0.590. The fraction of sp³-hybridized carbons (Fsp3) is 0.786. The highest BCUT2D eigenvalue weighted by Gasteiger charge is 2.21. The summed E-state index contributed by atoms with van der Waals surface area (Å²) in [4.78, 5) is 6.34. The van der Waals surface area contributed by atoms with Gasteiger partial charge in [-0.25, -0.2) is 4.98 Å². The van der Waals surface area contributed by atoms with Crippen molar-refractivity contribution in [1.82, 2.24) is 10.3 Å². The molecule has 0 saturated carbocycles. The van der Waals surface area contributed by atoms with Gasteiger partial charge in [-0.3, -0.25) is 0 Å². The molecule has 0 bridgehead atoms. The predicted octanol–water partition coefficient (Wildman–Crippen LogP) is 4.16. The second kappa shape index (κ2) is 6.92. The Labute approximate surface area is 119 Å². The van der Waals surface area contributed by atoms with Gasteiger partial charge >= 0.3 is 0 Å². The van der Waals surface area contributed by atoms with Gasteiger partial charge in [0.25, 0.3) is 0 Å². The third kappa shape index (κ3) is 3.72. The van der Waals surface area contributed by atoms with Crippen molar-refractivity contribution in [2.24, 2.45) is 0 Å². The first-order chi connectivity index (χ1) is 8.70. The average molecular weight is 284 g/mol. The number of nitrogens with zero attached hydrogens (tertiary/aromatic N) is 1. The summed E-state index contributed by atoms with van der Waals surface area (Å²) >= 11 is 4.04. The molecule has 4 heteroatoms. The quantitative estimate of drug-likeness (QED) is 0.878. The first kappa shape index (κ1) is 14.4. The fourth-order valence-electron chi connectivity index (χ4n) is 2.19. The van der Waals surface area contributed by atoms with E-state index in [-0.39, 0.29) is 0 Å². The van der Waals surface area contributed by atoms with Gasteiger partial charge < -0.3 is 5.32 Å². The smallest absolute Gasteiger partial charge is 0.106 e. The Hall–Kier alpha value is -0.0600. The van der Waals surface area contributed by atoms with Crippen LogP contribution in [0.3, 0.4) is 0 Å². The Balaban J connectivity index is 2.07. The second-order valence-electron chi connectivity index (χ2n) is 5.17. The fourth-order valence-corrected chi connectivity index (χ4v) is 4.84. The normalized spacial score (nSPS) is 20.6. The molecule has 1 aliphatic heterocycles. The van der Waals surface area contributed by atoms with Crippen molar-refractivity contribution in [3.8, 4) is 0 Å². The van der Waals surface area contributed by atoms with Crippen molar-refractivity contribution in [2.75, 3.05) is 5.75 Å². The van der Waals surface area contributed by atoms with Crippen LogP contribution in [-0.4, -0.2) is 16.8 Å². The first-order valence-electron chi connectivity index (χ1n) is 7.04. The standard InChI is InChI=1S/C14H24N2S2/c1-4-11-13(9-15-10(2)3)18-14(16-11)12-7-5-6-8-17-12/h10,12,15H,4-9H2,1-3H3. The van der Waals surface area contributed by atoms with E-state index in [2.05, 4.69) is 37.8 Å². The molecule has 1 fully saturated rings. The van der Waals surface area contributed by atoms with Crippen molar-refractivity contribution in [3.05, 3.63) is 15.6 Å². The minimum absolute atomic E-state index is 0.546. The third-order valence-electron chi connectivity index (χ3n) is 3.26. The number of nitrogens with one attached hydrogen (secondary N) is 1. The average Bonchev–Trinajstić information content (AvgIpc) is 2.80. The van der Waals surface area contributed by atoms with Crippen LogP contribution < -0.4 is 5.32 Å². The Bertz CT molecular complexity index is 368. The minimum atomic E-state index is 0.546. The molecule has 18 heavy (non-hydrogen) atoms. The summed E-state index contributed by atoms with van der Waals surface area (Å²) in [6.45, 7) is 7.59. The zero-order valence-corrected chi connectivity index (χ0v) is 13.3. The molecule has 2 nitrogen and oxygen atoms in total. The van der Waals surface area contributed by atoms with Gasteiger partial charge in [-0.15, -0.1) is 11.3 Å². The van der Waals surface area contributed by atoms with Crippen LogP contribution in [0.1, 0.15) is 60.9 Å². The minimum Gasteiger partial charge on any atom is -0.310 e. The molecule has 0 radical (unpaired) electrons. The summed E-state index contributed by atoms with van der Waals surface area (Å²) in [5, 5.41) is 5.56. The third-order valence-corrected chi connectivity index (χ3v) is 6.00. The van der Waals surface area contributed by atoms with Crippen LogP contribution in [-0.2, 0) is 13.0 Å². The number of hydrogen-bond donors (Lipinski definition) is 1. The zero-order valence-electron chi connectivity index (χ0n) is 11.7. The lowest BCUT2D eigenvalue weighted by Gasteiger charge is -2.18. The van der Waals surface area contributed by atoms with E-state index in [1.807, 2.05) is 11.3 Å². The molecule has 0 amide bonds. The van der Waals surface area contributed by atoms with Crippen LogP contribution >= 0.6 is 23.1 Å². The van der Waals surface area contributed by atoms with Gasteiger partial charge in [0.1, 0.15) is 5.01 Å². The molecule has 1 aliphatic rings. The van der Waals surface area contributed by atoms with Crippen molar-refractivity contribution >= 4 is 23.1 Å². The number of hydrogen-bond acceptors (Lipinski definition) is 4. The number of thioether (sulfide) groups is 1. The first-order valence-corrected chi connectivity index (χ1v) is 8.90. The van der Waals surface area contributed by atoms with E-state index in [1.54, 1.807) is 0 Å². The van der Waals surface area contributed by atoms with Crippen LogP contribution in [0.25, 0.3) is 0 Å². The Morgan fingerprint density at radius 2 is 2.22 bits per heavy atom. The van der Waals surface area contributed by atoms with Gasteiger partial charge in [0.15, 0.2) is 0 Å². The van der Waals surface area contributed by atoms with E-state index < -0.39 is 0 Å². The number of thiazole rings is 1. The highest BCUT2D eigenvalue weighted by atomic mass is 32.2. The van der Waals surface area contributed by atoms with Crippen molar-refractivity contribution in [1.29, 1.82) is 0 Å². The highest BCUT2D eigenvalue weighted by molar-refractivity contribution is 7.99. The van der Waals surface area contributed by atoms with Crippen LogP contribution in [0, 0.1) is 0 Å². The maximum Gasteiger partial charge on any atom is 0.106 e. The highest BCUT2D eigenvalue weighted by Crippen LogP contribution is 2.40. The summed E-state index contributed by atoms with van der Waals surface area (Å²) in [7, 11) is 0. The van der Waals surface area contributed by atoms with Crippen LogP contribution in [0.15, 0.2) is 0 Å². The van der Waals surface area contributed by atoms with Crippen LogP contribution in [0.5, 0.6) is 0 Å². The largest absolute Gasteiger partial charge is 0.310 e. The molecule has 2 heterocycles. The molecule has 0 aromatic carbocycles. The molecule has 1 N–H and O–H groups in total. The van der Waals surface area contributed by atoms with E-state index in [0.29, 0.717) is 11.3 Å². The van der Waals surface area contributed by atoms with Gasteiger partial charge in [0.2, 0.25) is 0 Å². The van der Waals surface area contributed by atoms with E-state index in [9.17, 15) is 0 Å². The summed E-state index contributed by atoms with van der Waals surface area (Å²) in [6.07, 6.45) is 5.13. The SMILES string of the molecule is CCc1nc(C2CCCCS2)sc1CNC(C)C. The van der Waals surface area contributed by atoms with E-state index in [4.69, 9.17) is 4.98 Å². The monoisotopic (exact) mass is 284 g/mol. The maximum absolute atomic E-state index is 4.89. The van der Waals surface area contributed by atoms with Gasteiger partial charge in [-0.2, -0.15) is 11.8 Å². The van der Waals surface area contributed by atoms with E-state index in [1.165, 1.54) is 40.6 Å². The molecule has 1 aromatic rings. The Morgan fingerprint density at radius 3 is 2.83 bits per heavy atom. The van der Waals surface area contributed by atoms with Crippen LogP contribution in [0.4, 0.5) is 0 Å². The summed E-state index contributed by atoms with van der Waals surface area (Å²) in [5.74, 6) is 1.31. The Kier molecular flexibility index (Phi) is 5.52. The van der Waals surface area contributed by atoms with Crippen molar-refractivity contribution in [3.63, 3.8) is 0 Å². The predicted molar refractivity (Wildman–Crippen MR) is 82.5 cm³/mol. The van der Waals surface area contributed by atoms with Gasteiger partial charge in [-0.1, -0.05) is 27.2 Å². The molecule has 1 unspecified atom stereocenters. The maximum atomic E-state index is 4.89. The molecule has 102 valence electrons. The molecule has 0 aliphatic carbocycles. The van der Waals surface area contributed by atoms with E-state index in [0.717, 1.165) is 13.0 Å². The zero-order chi connectivity index (χ0) is 13.0. The lowest BCUT2D eigenvalue weighted by Crippen LogP contribution is -2.21. The molecule has 1 aromatic heterocycles. The van der Waals surface area contributed by atoms with Gasteiger partial charge in [0, 0.05) is 17.5 Å². The molecule has 2 rings (SSSR count). The van der Waals surface area contributed by atoms with Crippen molar-refractivity contribution in [2.45, 2.75) is 64.3 Å². The molecular formula is C14H24N2S2. The number of rotatable bonds is 5.